The van der Waals surface area contributed by atoms with Crippen LogP contribution in [-0.4, -0.2) is 48.2 Å². The maximum atomic E-state index is 11.8. The van der Waals surface area contributed by atoms with Gasteiger partial charge in [-0.2, -0.15) is 0 Å². The first-order chi connectivity index (χ1) is 11.6. The lowest BCUT2D eigenvalue weighted by atomic mass is 10.1. The number of aromatic nitrogens is 1. The first-order valence-corrected chi connectivity index (χ1v) is 8.50. The largest absolute Gasteiger partial charge is 0.379 e. The Morgan fingerprint density at radius 3 is 2.62 bits per heavy atom. The van der Waals surface area contributed by atoms with Crippen LogP contribution in [0.2, 0.25) is 5.02 Å². The predicted molar refractivity (Wildman–Crippen MR) is 95.4 cm³/mol. The molecule has 2 N–H and O–H groups in total. The molecule has 0 saturated carbocycles. The Morgan fingerprint density at radius 2 is 1.96 bits per heavy atom. The molecule has 2 heterocycles. The first kappa shape index (κ1) is 17.0. The number of amides is 1. The number of morpholine rings is 1. The minimum Gasteiger partial charge on any atom is -0.379 e. The lowest BCUT2D eigenvalue weighted by Gasteiger charge is -2.27. The molecule has 24 heavy (non-hydrogen) atoms. The molecule has 0 aliphatic carbocycles. The van der Waals surface area contributed by atoms with Gasteiger partial charge in [-0.05, 0) is 19.1 Å². The Balaban J connectivity index is 1.93. The van der Waals surface area contributed by atoms with Gasteiger partial charge in [-0.15, -0.1) is 0 Å². The van der Waals surface area contributed by atoms with Gasteiger partial charge in [-0.3, -0.25) is 9.69 Å². The molecule has 1 aliphatic heterocycles. The van der Waals surface area contributed by atoms with Gasteiger partial charge < -0.3 is 15.0 Å². The maximum Gasteiger partial charge on any atom is 0.250 e. The van der Waals surface area contributed by atoms with Crippen LogP contribution < -0.4 is 5.73 Å². The molecule has 1 aromatic heterocycles. The van der Waals surface area contributed by atoms with E-state index in [1.807, 2.05) is 37.3 Å². The number of carbonyl (C=O) groups excluding carboxylic acids is 1. The monoisotopic (exact) mass is 347 g/mol. The van der Waals surface area contributed by atoms with Gasteiger partial charge in [0.05, 0.1) is 24.5 Å². The van der Waals surface area contributed by atoms with Gasteiger partial charge in [0.1, 0.15) is 0 Å². The highest BCUT2D eigenvalue weighted by Gasteiger charge is 2.19. The highest BCUT2D eigenvalue weighted by atomic mass is 35.5. The van der Waals surface area contributed by atoms with E-state index in [0.717, 1.165) is 56.3 Å². The van der Waals surface area contributed by atoms with Gasteiger partial charge in [0.15, 0.2) is 0 Å². The highest BCUT2D eigenvalue weighted by molar-refractivity contribution is 6.33. The van der Waals surface area contributed by atoms with Crippen molar-refractivity contribution in [3.8, 4) is 11.3 Å². The first-order valence-electron chi connectivity index (χ1n) is 8.13. The molecular weight excluding hydrogens is 326 g/mol. The Hall–Kier alpha value is -1.82. The quantitative estimate of drug-likeness (QED) is 0.904. The van der Waals surface area contributed by atoms with Gasteiger partial charge >= 0.3 is 0 Å². The zero-order chi connectivity index (χ0) is 17.1. The van der Waals surface area contributed by atoms with E-state index in [0.29, 0.717) is 10.6 Å². The minimum absolute atomic E-state index is 0.411. The molecule has 0 bridgehead atoms. The second-order valence-corrected chi connectivity index (χ2v) is 6.39. The number of nitrogens with two attached hydrogens (primary N) is 1. The van der Waals surface area contributed by atoms with Gasteiger partial charge in [-0.25, -0.2) is 0 Å². The molecule has 0 atom stereocenters. The van der Waals surface area contributed by atoms with E-state index < -0.39 is 5.91 Å². The number of hydrogen-bond acceptors (Lipinski definition) is 3. The topological polar surface area (TPSA) is 60.5 Å². The van der Waals surface area contributed by atoms with Crippen molar-refractivity contribution in [1.29, 1.82) is 0 Å². The average Bonchev–Trinajstić information content (AvgIpc) is 2.91. The normalized spacial score (nSPS) is 15.6. The highest BCUT2D eigenvalue weighted by Crippen LogP contribution is 2.31. The van der Waals surface area contributed by atoms with Crippen LogP contribution in [0.15, 0.2) is 30.3 Å². The molecule has 5 nitrogen and oxygen atoms in total. The van der Waals surface area contributed by atoms with Crippen molar-refractivity contribution in [1.82, 2.24) is 9.47 Å². The summed E-state index contributed by atoms with van der Waals surface area (Å²) in [6, 6.07) is 9.51. The third-order valence-corrected chi connectivity index (χ3v) is 4.85. The predicted octanol–water partition coefficient (Wildman–Crippen LogP) is 2.55. The third-order valence-electron chi connectivity index (χ3n) is 4.53. The number of hydrogen-bond donors (Lipinski definition) is 1. The summed E-state index contributed by atoms with van der Waals surface area (Å²) >= 11 is 6.36. The third kappa shape index (κ3) is 3.48. The Morgan fingerprint density at radius 1 is 1.25 bits per heavy atom. The Bertz CT molecular complexity index is 736. The van der Waals surface area contributed by atoms with Crippen LogP contribution in [0, 0.1) is 6.92 Å². The molecule has 1 amide bonds. The van der Waals surface area contributed by atoms with Gasteiger partial charge in [0.2, 0.25) is 0 Å². The van der Waals surface area contributed by atoms with Crippen molar-refractivity contribution in [2.45, 2.75) is 13.5 Å². The van der Waals surface area contributed by atoms with Crippen molar-refractivity contribution in [3.63, 3.8) is 0 Å². The zero-order valence-electron chi connectivity index (χ0n) is 13.8. The van der Waals surface area contributed by atoms with Crippen LogP contribution in [0.1, 0.15) is 16.1 Å². The zero-order valence-corrected chi connectivity index (χ0v) is 14.6. The van der Waals surface area contributed by atoms with Crippen molar-refractivity contribution < 1.29 is 9.53 Å². The number of carbonyl (C=O) groups is 1. The molecule has 0 unspecified atom stereocenters. The van der Waals surface area contributed by atoms with Crippen LogP contribution >= 0.6 is 11.6 Å². The smallest absolute Gasteiger partial charge is 0.250 e. The van der Waals surface area contributed by atoms with Gasteiger partial charge in [-0.1, -0.05) is 29.8 Å². The van der Waals surface area contributed by atoms with E-state index in [9.17, 15) is 4.79 Å². The van der Waals surface area contributed by atoms with Crippen LogP contribution in [0.4, 0.5) is 0 Å². The molecule has 128 valence electrons. The van der Waals surface area contributed by atoms with Crippen molar-refractivity contribution in [2.75, 3.05) is 32.8 Å². The molecule has 3 rings (SSSR count). The number of ether oxygens (including phenoxy) is 1. The fourth-order valence-corrected chi connectivity index (χ4v) is 3.37. The Labute approximate surface area is 146 Å². The molecule has 1 aliphatic rings. The van der Waals surface area contributed by atoms with Gasteiger partial charge in [0, 0.05) is 42.5 Å². The Kier molecular flexibility index (Phi) is 5.23. The van der Waals surface area contributed by atoms with Crippen molar-refractivity contribution in [3.05, 3.63) is 46.6 Å². The summed E-state index contributed by atoms with van der Waals surface area (Å²) in [6.07, 6.45) is 0. The van der Waals surface area contributed by atoms with Crippen LogP contribution in [0.5, 0.6) is 0 Å². The summed E-state index contributed by atoms with van der Waals surface area (Å²) in [7, 11) is 0. The SMILES string of the molecule is Cc1c(C(N)=O)cc(-c2ccccc2Cl)n1CCN1CCOCC1. The molecule has 0 radical (unpaired) electrons. The molecule has 1 fully saturated rings. The molecule has 6 heteroatoms. The second kappa shape index (κ2) is 7.38. The van der Waals surface area contributed by atoms with E-state index in [2.05, 4.69) is 9.47 Å². The van der Waals surface area contributed by atoms with Crippen LogP contribution in [0.3, 0.4) is 0 Å². The number of rotatable bonds is 5. The maximum absolute atomic E-state index is 11.8. The van der Waals surface area contributed by atoms with Crippen LogP contribution in [-0.2, 0) is 11.3 Å². The van der Waals surface area contributed by atoms with E-state index in [-0.39, 0.29) is 0 Å². The van der Waals surface area contributed by atoms with Crippen LogP contribution in [0.25, 0.3) is 11.3 Å². The van der Waals surface area contributed by atoms with E-state index >= 15 is 0 Å². The number of primary amides is 1. The van der Waals surface area contributed by atoms with Gasteiger partial charge in [0.25, 0.3) is 5.91 Å². The van der Waals surface area contributed by atoms with Crippen molar-refractivity contribution in [2.24, 2.45) is 5.73 Å². The fraction of sp³-hybridized carbons (Fsp3) is 0.389. The van der Waals surface area contributed by atoms with E-state index in [1.54, 1.807) is 0 Å². The molecule has 1 aromatic carbocycles. The summed E-state index contributed by atoms with van der Waals surface area (Å²) in [6.45, 7) is 7.02. The summed E-state index contributed by atoms with van der Waals surface area (Å²) < 4.78 is 7.53. The lowest BCUT2D eigenvalue weighted by Crippen LogP contribution is -2.38. The molecular formula is C18H22ClN3O2. The number of halogens is 1. The second-order valence-electron chi connectivity index (χ2n) is 5.98. The summed E-state index contributed by atoms with van der Waals surface area (Å²) in [5, 5.41) is 0.665. The minimum atomic E-state index is -0.411. The molecule has 1 saturated heterocycles. The summed E-state index contributed by atoms with van der Waals surface area (Å²) in [5.41, 5.74) is 8.81. The standard InChI is InChI=1S/C18H22ClN3O2/c1-13-15(18(20)23)12-17(14-4-2-3-5-16(14)19)22(13)7-6-21-8-10-24-11-9-21/h2-5,12H,6-11H2,1H3,(H2,20,23). The summed E-state index contributed by atoms with van der Waals surface area (Å²) in [4.78, 5) is 14.1. The van der Waals surface area contributed by atoms with Crippen molar-refractivity contribution >= 4 is 17.5 Å². The van der Waals surface area contributed by atoms with E-state index in [1.165, 1.54) is 0 Å². The fourth-order valence-electron chi connectivity index (χ4n) is 3.14. The molecule has 2 aromatic rings. The van der Waals surface area contributed by atoms with E-state index in [4.69, 9.17) is 22.1 Å². The number of benzene rings is 1. The summed E-state index contributed by atoms with van der Waals surface area (Å²) in [5.74, 6) is -0.411. The molecule has 0 spiro atoms. The lowest BCUT2D eigenvalue weighted by molar-refractivity contribution is 0.0364. The number of nitrogens with zero attached hydrogens (tertiary/aromatic N) is 2. The average molecular weight is 348 g/mol.